The third-order valence-electron chi connectivity index (χ3n) is 2.03. The summed E-state index contributed by atoms with van der Waals surface area (Å²) in [5.74, 6) is 2.07. The summed E-state index contributed by atoms with van der Waals surface area (Å²) in [6.45, 7) is 4.30. The molecule has 0 spiro atoms. The fraction of sp³-hybridized carbons (Fsp3) is 0.636. The van der Waals surface area contributed by atoms with Crippen LogP contribution in [0, 0.1) is 0 Å². The van der Waals surface area contributed by atoms with E-state index < -0.39 is 0 Å². The highest BCUT2D eigenvalue weighted by molar-refractivity contribution is 9.10. The Hall–Kier alpha value is -0.0900. The summed E-state index contributed by atoms with van der Waals surface area (Å²) < 4.78 is 0.896. The maximum atomic E-state index is 4.47. The minimum Gasteiger partial charge on any atom is -0.227 e. The van der Waals surface area contributed by atoms with Crippen LogP contribution in [0.1, 0.15) is 38.9 Å². The van der Waals surface area contributed by atoms with Crippen LogP contribution in [0.4, 0.5) is 0 Å². The molecule has 0 saturated carbocycles. The minimum atomic E-state index is 0.891. The van der Waals surface area contributed by atoms with Gasteiger partial charge in [-0.1, -0.05) is 26.7 Å². The van der Waals surface area contributed by atoms with Crippen LogP contribution in [0.5, 0.6) is 0 Å². The molecule has 0 radical (unpaired) electrons. The molecule has 1 aromatic rings. The smallest absolute Gasteiger partial charge is 0.130 e. The van der Waals surface area contributed by atoms with Gasteiger partial charge in [-0.2, -0.15) is 0 Å². The van der Waals surface area contributed by atoms with Gasteiger partial charge >= 0.3 is 0 Å². The van der Waals surface area contributed by atoms with Crippen LogP contribution in [0.3, 0.4) is 0 Å². The maximum absolute atomic E-state index is 4.47. The predicted molar refractivity (Wildman–Crippen MR) is 69.4 cm³/mol. The van der Waals surface area contributed by atoms with Crippen LogP contribution in [-0.2, 0) is 6.42 Å². The molecular weight excluding hydrogens is 272 g/mol. The Morgan fingerprint density at radius 3 is 2.73 bits per heavy atom. The van der Waals surface area contributed by atoms with E-state index in [-0.39, 0.29) is 0 Å². The Labute approximate surface area is 104 Å². The lowest BCUT2D eigenvalue weighted by Gasteiger charge is -2.03. The molecule has 0 fully saturated rings. The zero-order valence-corrected chi connectivity index (χ0v) is 11.7. The maximum Gasteiger partial charge on any atom is 0.130 e. The lowest BCUT2D eigenvalue weighted by molar-refractivity contribution is 0.777. The van der Waals surface area contributed by atoms with Gasteiger partial charge in [-0.3, -0.25) is 0 Å². The second-order valence-electron chi connectivity index (χ2n) is 3.35. The molecule has 0 amide bonds. The van der Waals surface area contributed by atoms with Crippen molar-refractivity contribution >= 4 is 27.7 Å². The van der Waals surface area contributed by atoms with Crippen molar-refractivity contribution in [3.05, 3.63) is 16.5 Å². The molecule has 15 heavy (non-hydrogen) atoms. The molecule has 0 bridgehead atoms. The van der Waals surface area contributed by atoms with Gasteiger partial charge in [0.2, 0.25) is 0 Å². The van der Waals surface area contributed by atoms with Gasteiger partial charge in [0.15, 0.2) is 0 Å². The monoisotopic (exact) mass is 288 g/mol. The Morgan fingerprint density at radius 2 is 2.07 bits per heavy atom. The lowest BCUT2D eigenvalue weighted by Crippen LogP contribution is -1.95. The van der Waals surface area contributed by atoms with Crippen LogP contribution in [0.25, 0.3) is 0 Å². The van der Waals surface area contributed by atoms with Gasteiger partial charge in [0.1, 0.15) is 15.5 Å². The first-order valence-corrected chi connectivity index (χ1v) is 7.20. The highest BCUT2D eigenvalue weighted by Gasteiger charge is 2.01. The topological polar surface area (TPSA) is 25.8 Å². The number of rotatable bonds is 6. The molecule has 1 aromatic heterocycles. The summed E-state index contributed by atoms with van der Waals surface area (Å²) in [4.78, 5) is 8.76. The summed E-state index contributed by atoms with van der Waals surface area (Å²) >= 11 is 5.23. The summed E-state index contributed by atoms with van der Waals surface area (Å²) in [6, 6.07) is 2.00. The largest absolute Gasteiger partial charge is 0.227 e. The number of thioether (sulfide) groups is 1. The summed E-state index contributed by atoms with van der Waals surface area (Å²) in [5.41, 5.74) is 0. The first-order chi connectivity index (χ1) is 7.26. The third-order valence-corrected chi connectivity index (χ3v) is 3.44. The van der Waals surface area contributed by atoms with E-state index >= 15 is 0 Å². The van der Waals surface area contributed by atoms with E-state index in [1.54, 1.807) is 0 Å². The Morgan fingerprint density at radius 1 is 1.27 bits per heavy atom. The van der Waals surface area contributed by atoms with Gasteiger partial charge in [-0.05, 0) is 28.1 Å². The second kappa shape index (κ2) is 7.23. The van der Waals surface area contributed by atoms with E-state index in [0.29, 0.717) is 0 Å². The molecule has 0 aromatic carbocycles. The molecule has 0 N–H and O–H groups in total. The van der Waals surface area contributed by atoms with Crippen LogP contribution in [-0.4, -0.2) is 15.7 Å². The average molecular weight is 289 g/mol. The molecule has 0 aliphatic rings. The zero-order chi connectivity index (χ0) is 11.1. The van der Waals surface area contributed by atoms with Crippen LogP contribution in [0.15, 0.2) is 15.7 Å². The van der Waals surface area contributed by atoms with Crippen molar-refractivity contribution in [3.63, 3.8) is 0 Å². The Kier molecular flexibility index (Phi) is 6.25. The standard InChI is InChI=1S/C11H17BrN2S/c1-3-5-6-7-15-11-8-9(12)13-10(4-2)14-11/h8H,3-7H2,1-2H3. The summed E-state index contributed by atoms with van der Waals surface area (Å²) in [7, 11) is 0. The number of halogens is 1. The van der Waals surface area contributed by atoms with E-state index in [4.69, 9.17) is 0 Å². The van der Waals surface area contributed by atoms with E-state index in [0.717, 1.165) is 27.6 Å². The molecule has 1 heterocycles. The van der Waals surface area contributed by atoms with E-state index in [1.807, 2.05) is 17.8 Å². The first-order valence-electron chi connectivity index (χ1n) is 5.42. The Bertz CT molecular complexity index is 305. The van der Waals surface area contributed by atoms with Gasteiger partial charge in [0.25, 0.3) is 0 Å². The van der Waals surface area contributed by atoms with Gasteiger partial charge in [0, 0.05) is 12.5 Å². The van der Waals surface area contributed by atoms with Crippen molar-refractivity contribution in [1.29, 1.82) is 0 Å². The quantitative estimate of drug-likeness (QED) is 0.448. The minimum absolute atomic E-state index is 0.891. The molecule has 0 aliphatic heterocycles. The van der Waals surface area contributed by atoms with Gasteiger partial charge < -0.3 is 0 Å². The number of aryl methyl sites for hydroxylation is 1. The fourth-order valence-electron chi connectivity index (χ4n) is 1.20. The first kappa shape index (κ1) is 13.0. The van der Waals surface area contributed by atoms with Gasteiger partial charge in [0.05, 0.1) is 0 Å². The highest BCUT2D eigenvalue weighted by atomic mass is 79.9. The normalized spacial score (nSPS) is 10.6. The number of nitrogens with zero attached hydrogens (tertiary/aromatic N) is 2. The van der Waals surface area contributed by atoms with Crippen molar-refractivity contribution in [3.8, 4) is 0 Å². The van der Waals surface area contributed by atoms with Crippen LogP contribution in [0.2, 0.25) is 0 Å². The summed E-state index contributed by atoms with van der Waals surface area (Å²) in [5, 5.41) is 1.09. The van der Waals surface area contributed by atoms with Gasteiger partial charge in [-0.25, -0.2) is 9.97 Å². The average Bonchev–Trinajstić information content (AvgIpc) is 2.23. The molecule has 1 rings (SSSR count). The third kappa shape index (κ3) is 4.98. The van der Waals surface area contributed by atoms with Crippen LogP contribution < -0.4 is 0 Å². The van der Waals surface area contributed by atoms with E-state index in [2.05, 4.69) is 39.7 Å². The lowest BCUT2D eigenvalue weighted by atomic mass is 10.3. The molecule has 4 heteroatoms. The number of hydrogen-bond acceptors (Lipinski definition) is 3. The van der Waals surface area contributed by atoms with E-state index in [9.17, 15) is 0 Å². The summed E-state index contributed by atoms with van der Waals surface area (Å²) in [6.07, 6.45) is 4.74. The van der Waals surface area contributed by atoms with Crippen molar-refractivity contribution in [2.75, 3.05) is 5.75 Å². The van der Waals surface area contributed by atoms with Crippen molar-refractivity contribution in [2.45, 2.75) is 44.6 Å². The molecule has 84 valence electrons. The van der Waals surface area contributed by atoms with Crippen molar-refractivity contribution in [2.24, 2.45) is 0 Å². The molecular formula is C11H17BrN2S. The fourth-order valence-corrected chi connectivity index (χ4v) is 2.70. The number of unbranched alkanes of at least 4 members (excludes halogenated alkanes) is 2. The SMILES string of the molecule is CCCCCSc1cc(Br)nc(CC)n1. The molecule has 0 saturated heterocycles. The molecule has 0 atom stereocenters. The molecule has 0 aliphatic carbocycles. The zero-order valence-electron chi connectivity index (χ0n) is 9.29. The highest BCUT2D eigenvalue weighted by Crippen LogP contribution is 2.20. The predicted octanol–water partition coefficient (Wildman–Crippen LogP) is 4.08. The van der Waals surface area contributed by atoms with Crippen LogP contribution >= 0.6 is 27.7 Å². The molecule has 2 nitrogen and oxygen atoms in total. The van der Waals surface area contributed by atoms with Gasteiger partial charge in [-0.15, -0.1) is 11.8 Å². The van der Waals surface area contributed by atoms with Crippen molar-refractivity contribution < 1.29 is 0 Å². The Balaban J connectivity index is 2.49. The molecule has 0 unspecified atom stereocenters. The second-order valence-corrected chi connectivity index (χ2v) is 5.28. The number of hydrogen-bond donors (Lipinski definition) is 0. The van der Waals surface area contributed by atoms with E-state index in [1.165, 1.54) is 19.3 Å². The van der Waals surface area contributed by atoms with Crippen molar-refractivity contribution in [1.82, 2.24) is 9.97 Å². The number of aromatic nitrogens is 2.